The van der Waals surface area contributed by atoms with Crippen LogP contribution in [-0.2, 0) is 17.0 Å². The van der Waals surface area contributed by atoms with E-state index in [0.717, 1.165) is 19.3 Å². The van der Waals surface area contributed by atoms with Crippen molar-refractivity contribution in [2.45, 2.75) is 30.9 Å². The van der Waals surface area contributed by atoms with Gasteiger partial charge in [-0.15, -0.1) is 11.8 Å². The molecule has 0 saturated carbocycles. The van der Waals surface area contributed by atoms with Crippen LogP contribution < -0.4 is 0 Å². The van der Waals surface area contributed by atoms with Crippen molar-refractivity contribution in [2.24, 2.45) is 0 Å². The summed E-state index contributed by atoms with van der Waals surface area (Å²) < 4.78 is 5.24. The van der Waals surface area contributed by atoms with Gasteiger partial charge in [0.1, 0.15) is 0 Å². The molecule has 6 heteroatoms. The number of aromatic nitrogens is 2. The number of carbonyl (C=O) groups is 1. The van der Waals surface area contributed by atoms with Gasteiger partial charge in [-0.2, -0.15) is 4.98 Å². The molecule has 0 bridgehead atoms. The third-order valence-electron chi connectivity index (χ3n) is 3.62. The number of nitrogens with zero attached hydrogens (tertiary/aromatic N) is 2. The van der Waals surface area contributed by atoms with Gasteiger partial charge in [0.25, 0.3) is 0 Å². The normalized spacial score (nSPS) is 17.4. The Kier molecular flexibility index (Phi) is 4.24. The molecule has 0 saturated heterocycles. The van der Waals surface area contributed by atoms with Gasteiger partial charge >= 0.3 is 5.97 Å². The third-order valence-corrected chi connectivity index (χ3v) is 4.52. The van der Waals surface area contributed by atoms with Crippen molar-refractivity contribution < 1.29 is 14.4 Å². The van der Waals surface area contributed by atoms with Gasteiger partial charge in [0.15, 0.2) is 5.82 Å². The number of thioether (sulfide) groups is 1. The maximum Gasteiger partial charge on any atom is 0.313 e. The lowest BCUT2D eigenvalue weighted by Gasteiger charge is -2.22. The minimum atomic E-state index is -0.832. The number of carboxylic acid groups (broad SMARTS) is 1. The molecule has 0 spiro atoms. The highest BCUT2D eigenvalue weighted by molar-refractivity contribution is 7.99. The molecule has 0 radical (unpaired) electrons. The van der Waals surface area contributed by atoms with Crippen LogP contribution >= 0.6 is 11.8 Å². The van der Waals surface area contributed by atoms with Crippen LogP contribution in [0.5, 0.6) is 0 Å². The minimum absolute atomic E-state index is 0.0456. The van der Waals surface area contributed by atoms with E-state index in [-0.39, 0.29) is 11.7 Å². The van der Waals surface area contributed by atoms with E-state index in [2.05, 4.69) is 28.3 Å². The Morgan fingerprint density at radius 1 is 1.43 bits per heavy atom. The number of hydrogen-bond acceptors (Lipinski definition) is 5. The van der Waals surface area contributed by atoms with Crippen molar-refractivity contribution >= 4 is 17.7 Å². The number of rotatable bonds is 5. The fourth-order valence-electron chi connectivity index (χ4n) is 2.72. The van der Waals surface area contributed by atoms with Gasteiger partial charge in [-0.1, -0.05) is 29.4 Å². The van der Waals surface area contributed by atoms with Crippen molar-refractivity contribution in [2.75, 3.05) is 5.75 Å². The van der Waals surface area contributed by atoms with Gasteiger partial charge in [-0.25, -0.2) is 0 Å². The predicted molar refractivity (Wildman–Crippen MR) is 79.3 cm³/mol. The fourth-order valence-corrected chi connectivity index (χ4v) is 3.28. The monoisotopic (exact) mass is 304 g/mol. The smallest absolute Gasteiger partial charge is 0.313 e. The highest BCUT2D eigenvalue weighted by Crippen LogP contribution is 2.35. The topological polar surface area (TPSA) is 76.2 Å². The van der Waals surface area contributed by atoms with Gasteiger partial charge in [0, 0.05) is 5.92 Å². The van der Waals surface area contributed by atoms with Crippen molar-refractivity contribution in [3.05, 3.63) is 47.1 Å². The number of fused-ring (bicyclic) bond motifs is 1. The molecule has 2 aromatic rings. The van der Waals surface area contributed by atoms with E-state index < -0.39 is 5.97 Å². The molecule has 1 aliphatic rings. The number of benzene rings is 1. The number of aliphatic carboxylic acids is 1. The second kappa shape index (κ2) is 6.30. The predicted octanol–water partition coefficient (Wildman–Crippen LogP) is 2.86. The van der Waals surface area contributed by atoms with Gasteiger partial charge in [0.2, 0.25) is 5.89 Å². The fraction of sp³-hybridized carbons (Fsp3) is 0.400. The van der Waals surface area contributed by atoms with E-state index in [1.165, 1.54) is 22.9 Å². The summed E-state index contributed by atoms with van der Waals surface area (Å²) in [5, 5.41) is 12.7. The quantitative estimate of drug-likeness (QED) is 0.915. The molecule has 1 heterocycles. The van der Waals surface area contributed by atoms with Gasteiger partial charge in [0.05, 0.1) is 11.5 Å². The van der Waals surface area contributed by atoms with E-state index in [1.807, 2.05) is 6.07 Å². The van der Waals surface area contributed by atoms with Crippen LogP contribution in [0.25, 0.3) is 0 Å². The van der Waals surface area contributed by atoms with Crippen LogP contribution in [0, 0.1) is 0 Å². The van der Waals surface area contributed by atoms with E-state index >= 15 is 0 Å². The van der Waals surface area contributed by atoms with Crippen LogP contribution in [0.2, 0.25) is 0 Å². The van der Waals surface area contributed by atoms with E-state index in [0.29, 0.717) is 17.5 Å². The van der Waals surface area contributed by atoms with Crippen LogP contribution in [0.3, 0.4) is 0 Å². The highest BCUT2D eigenvalue weighted by atomic mass is 32.2. The summed E-state index contributed by atoms with van der Waals surface area (Å²) >= 11 is 1.26. The van der Waals surface area contributed by atoms with Crippen molar-refractivity contribution in [1.29, 1.82) is 0 Å². The maximum atomic E-state index is 10.5. The molecular weight excluding hydrogens is 288 g/mol. The lowest BCUT2D eigenvalue weighted by Crippen LogP contribution is -2.12. The standard InChI is InChI=1S/C15H16N2O3S/c18-14(19)9-21-8-13-16-15(17-20-13)12-7-3-5-10-4-1-2-6-11(10)12/h1-2,4,6,12H,3,5,7-9H2,(H,18,19). The van der Waals surface area contributed by atoms with Crippen molar-refractivity contribution in [3.8, 4) is 0 Å². The molecule has 1 unspecified atom stereocenters. The third kappa shape index (κ3) is 3.26. The summed E-state index contributed by atoms with van der Waals surface area (Å²) in [6.07, 6.45) is 3.25. The highest BCUT2D eigenvalue weighted by Gasteiger charge is 2.25. The summed E-state index contributed by atoms with van der Waals surface area (Å²) in [7, 11) is 0. The average Bonchev–Trinajstić information content (AvgIpc) is 2.95. The van der Waals surface area contributed by atoms with E-state index in [9.17, 15) is 4.79 Å². The summed E-state index contributed by atoms with van der Waals surface area (Å²) in [6, 6.07) is 8.39. The summed E-state index contributed by atoms with van der Waals surface area (Å²) in [5.74, 6) is 1.06. The second-order valence-electron chi connectivity index (χ2n) is 5.08. The molecule has 0 aliphatic heterocycles. The molecule has 1 N–H and O–H groups in total. The zero-order valence-corrected chi connectivity index (χ0v) is 12.3. The van der Waals surface area contributed by atoms with Crippen molar-refractivity contribution in [3.63, 3.8) is 0 Å². The van der Waals surface area contributed by atoms with E-state index in [4.69, 9.17) is 9.63 Å². The zero-order valence-electron chi connectivity index (χ0n) is 11.5. The molecule has 1 atom stereocenters. The minimum Gasteiger partial charge on any atom is -0.481 e. The molecule has 0 amide bonds. The molecule has 21 heavy (non-hydrogen) atoms. The molecule has 3 rings (SSSR count). The first-order valence-electron chi connectivity index (χ1n) is 6.94. The Labute approximate surface area is 126 Å². The molecule has 1 aromatic carbocycles. The van der Waals surface area contributed by atoms with Gasteiger partial charge in [-0.3, -0.25) is 4.79 Å². The zero-order chi connectivity index (χ0) is 14.7. The molecule has 110 valence electrons. The van der Waals surface area contributed by atoms with Gasteiger partial charge in [-0.05, 0) is 30.4 Å². The Bertz CT molecular complexity index is 641. The first-order valence-corrected chi connectivity index (χ1v) is 8.09. The number of aryl methyl sites for hydroxylation is 1. The van der Waals surface area contributed by atoms with Gasteiger partial charge < -0.3 is 9.63 Å². The summed E-state index contributed by atoms with van der Waals surface area (Å²) in [6.45, 7) is 0. The largest absolute Gasteiger partial charge is 0.481 e. The summed E-state index contributed by atoms with van der Waals surface area (Å²) in [5.41, 5.74) is 2.65. The Morgan fingerprint density at radius 3 is 3.14 bits per heavy atom. The van der Waals surface area contributed by atoms with Crippen molar-refractivity contribution in [1.82, 2.24) is 10.1 Å². The first kappa shape index (κ1) is 14.1. The van der Waals surface area contributed by atoms with Crippen LogP contribution in [0.4, 0.5) is 0 Å². The Balaban J connectivity index is 1.73. The number of carboxylic acids is 1. The van der Waals surface area contributed by atoms with E-state index in [1.54, 1.807) is 0 Å². The lowest BCUT2D eigenvalue weighted by molar-refractivity contribution is -0.133. The number of hydrogen-bond donors (Lipinski definition) is 1. The average molecular weight is 304 g/mol. The SMILES string of the molecule is O=C(O)CSCc1nc(C2CCCc3ccccc32)no1. The molecule has 1 aromatic heterocycles. The Hall–Kier alpha value is -1.82. The van der Waals surface area contributed by atoms with Crippen LogP contribution in [0.1, 0.15) is 41.6 Å². The van der Waals surface area contributed by atoms with Crippen LogP contribution in [0.15, 0.2) is 28.8 Å². The summed E-state index contributed by atoms with van der Waals surface area (Å²) in [4.78, 5) is 14.9. The maximum absolute atomic E-state index is 10.5. The van der Waals surface area contributed by atoms with Crippen LogP contribution in [-0.4, -0.2) is 27.0 Å². The lowest BCUT2D eigenvalue weighted by atomic mass is 9.82. The molecule has 1 aliphatic carbocycles. The molecular formula is C15H16N2O3S. The second-order valence-corrected chi connectivity index (χ2v) is 6.06. The Morgan fingerprint density at radius 2 is 2.29 bits per heavy atom. The molecule has 5 nitrogen and oxygen atoms in total. The molecule has 0 fully saturated rings. The first-order chi connectivity index (χ1) is 10.2.